The molecule has 142 valence electrons. The van der Waals surface area contributed by atoms with Gasteiger partial charge in [-0.25, -0.2) is 10.4 Å². The molecule has 0 radical (unpaired) electrons. The first kappa shape index (κ1) is 19.5. The van der Waals surface area contributed by atoms with Crippen LogP contribution in [-0.2, 0) is 4.79 Å². The highest BCUT2D eigenvalue weighted by atomic mass is 35.5. The van der Waals surface area contributed by atoms with E-state index in [0.29, 0.717) is 16.3 Å². The maximum absolute atomic E-state index is 12.0. The molecule has 0 spiro atoms. The molecular weight excluding hydrogens is 376 g/mol. The third-order valence-corrected chi connectivity index (χ3v) is 4.37. The van der Waals surface area contributed by atoms with Gasteiger partial charge in [0, 0.05) is 16.5 Å². The summed E-state index contributed by atoms with van der Waals surface area (Å²) in [6.45, 7) is 3.73. The van der Waals surface area contributed by atoms with Crippen LogP contribution >= 0.6 is 11.6 Å². The van der Waals surface area contributed by atoms with Crippen LogP contribution in [0.25, 0.3) is 10.9 Å². The van der Waals surface area contributed by atoms with Crippen molar-refractivity contribution < 1.29 is 9.59 Å². The first-order valence-electron chi connectivity index (χ1n) is 8.66. The van der Waals surface area contributed by atoms with Gasteiger partial charge in [-0.05, 0) is 43.7 Å². The summed E-state index contributed by atoms with van der Waals surface area (Å²) in [7, 11) is 0. The fourth-order valence-electron chi connectivity index (χ4n) is 2.54. The van der Waals surface area contributed by atoms with Gasteiger partial charge in [0.25, 0.3) is 11.8 Å². The molecule has 0 aliphatic rings. The Morgan fingerprint density at radius 1 is 1.07 bits per heavy atom. The number of hydrazone groups is 1. The van der Waals surface area contributed by atoms with E-state index < -0.39 is 5.91 Å². The topological polar surface area (TPSA) is 83.5 Å². The fraction of sp³-hybridized carbons (Fsp3) is 0.143. The summed E-state index contributed by atoms with van der Waals surface area (Å²) >= 11 is 6.18. The van der Waals surface area contributed by atoms with Crippen molar-refractivity contribution in [3.8, 4) is 0 Å². The zero-order valence-electron chi connectivity index (χ0n) is 15.5. The van der Waals surface area contributed by atoms with E-state index >= 15 is 0 Å². The number of halogens is 1. The lowest BCUT2D eigenvalue weighted by molar-refractivity contribution is -0.120. The Bertz CT molecular complexity index is 1060. The number of amides is 2. The van der Waals surface area contributed by atoms with Crippen molar-refractivity contribution >= 4 is 40.5 Å². The zero-order chi connectivity index (χ0) is 20.1. The van der Waals surface area contributed by atoms with Gasteiger partial charge in [-0.1, -0.05) is 41.4 Å². The normalized spacial score (nSPS) is 11.0. The molecule has 2 N–H and O–H groups in total. The van der Waals surface area contributed by atoms with Gasteiger partial charge >= 0.3 is 0 Å². The molecule has 0 aliphatic heterocycles. The van der Waals surface area contributed by atoms with Crippen molar-refractivity contribution in [1.29, 1.82) is 0 Å². The van der Waals surface area contributed by atoms with Gasteiger partial charge in [0.15, 0.2) is 0 Å². The molecule has 1 aromatic heterocycles. The van der Waals surface area contributed by atoms with Gasteiger partial charge in [-0.3, -0.25) is 9.59 Å². The molecule has 7 heteroatoms. The molecule has 6 nitrogen and oxygen atoms in total. The molecule has 0 fully saturated rings. The van der Waals surface area contributed by atoms with Crippen molar-refractivity contribution in [3.05, 3.63) is 75.9 Å². The number of aromatic nitrogens is 1. The summed E-state index contributed by atoms with van der Waals surface area (Å²) in [6.07, 6.45) is 1.42. The van der Waals surface area contributed by atoms with Gasteiger partial charge in [0.1, 0.15) is 5.15 Å². The average molecular weight is 395 g/mol. The molecule has 0 unspecified atom stereocenters. The van der Waals surface area contributed by atoms with Crippen LogP contribution in [0.5, 0.6) is 0 Å². The van der Waals surface area contributed by atoms with Crippen LogP contribution in [0.2, 0.25) is 5.15 Å². The number of benzene rings is 2. The van der Waals surface area contributed by atoms with Crippen molar-refractivity contribution in [2.45, 2.75) is 13.8 Å². The molecule has 0 atom stereocenters. The number of hydrogen-bond donors (Lipinski definition) is 2. The zero-order valence-corrected chi connectivity index (χ0v) is 16.2. The van der Waals surface area contributed by atoms with Crippen LogP contribution in [0.3, 0.4) is 0 Å². The van der Waals surface area contributed by atoms with E-state index in [1.807, 2.05) is 50.2 Å². The summed E-state index contributed by atoms with van der Waals surface area (Å²) in [5, 5.41) is 7.65. The Morgan fingerprint density at radius 3 is 2.54 bits per heavy atom. The maximum atomic E-state index is 12.0. The molecule has 3 aromatic rings. The quantitative estimate of drug-likeness (QED) is 0.395. The molecule has 28 heavy (non-hydrogen) atoms. The number of carbonyl (C=O) groups is 2. The predicted molar refractivity (Wildman–Crippen MR) is 111 cm³/mol. The second kappa shape index (κ2) is 8.63. The third kappa shape index (κ3) is 4.92. The molecular formula is C21H19ClN4O2. The Morgan fingerprint density at radius 2 is 1.79 bits per heavy atom. The number of rotatable bonds is 5. The van der Waals surface area contributed by atoms with Crippen LogP contribution in [-0.4, -0.2) is 29.6 Å². The summed E-state index contributed by atoms with van der Waals surface area (Å²) in [5.41, 5.74) is 6.39. The molecule has 0 saturated carbocycles. The highest BCUT2D eigenvalue weighted by molar-refractivity contribution is 6.32. The molecule has 2 aromatic carbocycles. The number of hydrogen-bond acceptors (Lipinski definition) is 4. The van der Waals surface area contributed by atoms with E-state index in [1.165, 1.54) is 6.21 Å². The van der Waals surface area contributed by atoms with Crippen molar-refractivity contribution in [2.24, 2.45) is 5.10 Å². The second-order valence-corrected chi connectivity index (χ2v) is 6.76. The van der Waals surface area contributed by atoms with E-state index in [1.54, 1.807) is 12.1 Å². The van der Waals surface area contributed by atoms with E-state index in [4.69, 9.17) is 11.6 Å². The lowest BCUT2D eigenvalue weighted by atomic mass is 10.1. The van der Waals surface area contributed by atoms with Crippen LogP contribution < -0.4 is 10.7 Å². The predicted octanol–water partition coefficient (Wildman–Crippen LogP) is 3.39. The van der Waals surface area contributed by atoms with E-state index in [2.05, 4.69) is 20.8 Å². The first-order chi connectivity index (χ1) is 13.4. The minimum Gasteiger partial charge on any atom is -0.343 e. The van der Waals surface area contributed by atoms with Crippen LogP contribution in [0.4, 0.5) is 0 Å². The van der Waals surface area contributed by atoms with Crippen LogP contribution in [0, 0.1) is 13.8 Å². The van der Waals surface area contributed by atoms with Gasteiger partial charge < -0.3 is 5.32 Å². The summed E-state index contributed by atoms with van der Waals surface area (Å²) in [6, 6.07) is 14.8. The molecule has 1 heterocycles. The number of pyridine rings is 1. The third-order valence-electron chi connectivity index (χ3n) is 4.07. The molecule has 2 amide bonds. The lowest BCUT2D eigenvalue weighted by Crippen LogP contribution is -2.34. The molecule has 3 rings (SSSR count). The van der Waals surface area contributed by atoms with Crippen LogP contribution in [0.15, 0.2) is 53.6 Å². The number of aryl methyl sites for hydroxylation is 2. The van der Waals surface area contributed by atoms with Gasteiger partial charge in [-0.15, -0.1) is 0 Å². The van der Waals surface area contributed by atoms with Gasteiger partial charge in [0.2, 0.25) is 0 Å². The summed E-state index contributed by atoms with van der Waals surface area (Å²) in [5.74, 6) is -0.770. The lowest BCUT2D eigenvalue weighted by Gasteiger charge is -2.05. The summed E-state index contributed by atoms with van der Waals surface area (Å²) < 4.78 is 0. The van der Waals surface area contributed by atoms with Crippen molar-refractivity contribution in [1.82, 2.24) is 15.7 Å². The van der Waals surface area contributed by atoms with Crippen molar-refractivity contribution in [3.63, 3.8) is 0 Å². The fourth-order valence-corrected chi connectivity index (χ4v) is 2.74. The Labute approximate surface area is 167 Å². The smallest absolute Gasteiger partial charge is 0.259 e. The average Bonchev–Trinajstić information content (AvgIpc) is 2.67. The highest BCUT2D eigenvalue weighted by Crippen LogP contribution is 2.20. The molecule has 0 aliphatic carbocycles. The summed E-state index contributed by atoms with van der Waals surface area (Å²) in [4.78, 5) is 28.2. The SMILES string of the molecule is Cc1ccc(C(=O)NCC(=O)NN=Cc2cc3ccc(C)cc3nc2Cl)cc1. The standard InChI is InChI=1S/C21H19ClN4O2/c1-13-3-6-15(7-4-13)21(28)23-12-19(27)26-24-11-17-10-16-8-5-14(2)9-18(16)25-20(17)22/h3-11H,12H2,1-2H3,(H,23,28)(H,26,27). The monoisotopic (exact) mass is 394 g/mol. The first-order valence-corrected chi connectivity index (χ1v) is 9.04. The minimum absolute atomic E-state index is 0.187. The Balaban J connectivity index is 1.56. The Hall–Kier alpha value is -3.25. The molecule has 0 saturated heterocycles. The number of nitrogens with zero attached hydrogens (tertiary/aromatic N) is 2. The largest absolute Gasteiger partial charge is 0.343 e. The number of carbonyl (C=O) groups excluding carboxylic acids is 2. The Kier molecular flexibility index (Phi) is 6.01. The van der Waals surface area contributed by atoms with Crippen molar-refractivity contribution in [2.75, 3.05) is 6.54 Å². The van der Waals surface area contributed by atoms with Gasteiger partial charge in [-0.2, -0.15) is 5.10 Å². The highest BCUT2D eigenvalue weighted by Gasteiger charge is 2.07. The van der Waals surface area contributed by atoms with E-state index in [0.717, 1.165) is 22.0 Å². The maximum Gasteiger partial charge on any atom is 0.259 e. The minimum atomic E-state index is -0.447. The molecule has 0 bridgehead atoms. The number of nitrogens with one attached hydrogen (secondary N) is 2. The second-order valence-electron chi connectivity index (χ2n) is 6.41. The van der Waals surface area contributed by atoms with E-state index in [9.17, 15) is 9.59 Å². The van der Waals surface area contributed by atoms with Crippen LogP contribution in [0.1, 0.15) is 27.0 Å². The van der Waals surface area contributed by atoms with E-state index in [-0.39, 0.29) is 12.5 Å². The van der Waals surface area contributed by atoms with Gasteiger partial charge in [0.05, 0.1) is 18.3 Å². The number of fused-ring (bicyclic) bond motifs is 1.